The van der Waals surface area contributed by atoms with Gasteiger partial charge in [-0.2, -0.15) is 0 Å². The van der Waals surface area contributed by atoms with Gasteiger partial charge in [-0.1, -0.05) is 25.1 Å². The van der Waals surface area contributed by atoms with Crippen molar-refractivity contribution in [2.75, 3.05) is 7.05 Å². The molecule has 0 aliphatic rings. The summed E-state index contributed by atoms with van der Waals surface area (Å²) in [5.41, 5.74) is 2.60. The molecule has 17 heavy (non-hydrogen) atoms. The molecular formula is C14H18N2O. The number of aromatic nitrogens is 1. The molecule has 3 heteroatoms. The Morgan fingerprint density at radius 3 is 2.88 bits per heavy atom. The van der Waals surface area contributed by atoms with E-state index in [-0.39, 0.29) is 5.91 Å². The number of rotatable bonds is 4. The second-order valence-corrected chi connectivity index (χ2v) is 4.14. The SMILES string of the molecule is CCc1cccc2ccn(CCC(=O)NC)c12. The minimum Gasteiger partial charge on any atom is -0.359 e. The highest BCUT2D eigenvalue weighted by Gasteiger charge is 2.06. The van der Waals surface area contributed by atoms with E-state index in [0.29, 0.717) is 6.42 Å². The fourth-order valence-corrected chi connectivity index (χ4v) is 2.16. The summed E-state index contributed by atoms with van der Waals surface area (Å²) in [6.45, 7) is 2.89. The molecule has 2 aromatic rings. The lowest BCUT2D eigenvalue weighted by Gasteiger charge is -2.08. The van der Waals surface area contributed by atoms with Crippen LogP contribution in [-0.4, -0.2) is 17.5 Å². The normalized spacial score (nSPS) is 10.7. The van der Waals surface area contributed by atoms with Gasteiger partial charge in [0.15, 0.2) is 0 Å². The second kappa shape index (κ2) is 5.04. The Balaban J connectivity index is 2.31. The Morgan fingerprint density at radius 1 is 1.35 bits per heavy atom. The first-order chi connectivity index (χ1) is 8.26. The van der Waals surface area contributed by atoms with Crippen molar-refractivity contribution < 1.29 is 4.79 Å². The van der Waals surface area contributed by atoms with Gasteiger partial charge < -0.3 is 9.88 Å². The quantitative estimate of drug-likeness (QED) is 0.859. The molecule has 1 heterocycles. The molecule has 1 amide bonds. The predicted octanol–water partition coefficient (Wildman–Crippen LogP) is 2.34. The molecule has 2 rings (SSSR count). The van der Waals surface area contributed by atoms with Gasteiger partial charge in [0.1, 0.15) is 0 Å². The highest BCUT2D eigenvalue weighted by atomic mass is 16.1. The van der Waals surface area contributed by atoms with Gasteiger partial charge in [0.25, 0.3) is 0 Å². The Bertz CT molecular complexity index is 528. The van der Waals surface area contributed by atoms with Gasteiger partial charge in [0, 0.05) is 26.2 Å². The van der Waals surface area contributed by atoms with Crippen LogP contribution in [0.4, 0.5) is 0 Å². The number of benzene rings is 1. The third kappa shape index (κ3) is 2.33. The lowest BCUT2D eigenvalue weighted by atomic mass is 10.1. The van der Waals surface area contributed by atoms with Crippen LogP contribution < -0.4 is 5.32 Å². The average Bonchev–Trinajstić information content (AvgIpc) is 2.79. The first-order valence-electron chi connectivity index (χ1n) is 6.03. The summed E-state index contributed by atoms with van der Waals surface area (Å²) in [5, 5.41) is 3.90. The van der Waals surface area contributed by atoms with Crippen molar-refractivity contribution >= 4 is 16.8 Å². The Morgan fingerprint density at radius 2 is 2.18 bits per heavy atom. The standard InChI is InChI=1S/C14H18N2O/c1-3-11-5-4-6-12-7-9-16(14(11)12)10-8-13(17)15-2/h4-7,9H,3,8,10H2,1-2H3,(H,15,17). The van der Waals surface area contributed by atoms with Gasteiger partial charge in [-0.3, -0.25) is 4.79 Å². The summed E-state index contributed by atoms with van der Waals surface area (Å²) in [6, 6.07) is 8.46. The first kappa shape index (κ1) is 11.7. The van der Waals surface area contributed by atoms with Crippen LogP contribution in [-0.2, 0) is 17.8 Å². The number of amides is 1. The van der Waals surface area contributed by atoms with Gasteiger partial charge in [-0.15, -0.1) is 0 Å². The third-order valence-electron chi connectivity index (χ3n) is 3.11. The fraction of sp³-hybridized carbons (Fsp3) is 0.357. The Hall–Kier alpha value is -1.77. The van der Waals surface area contributed by atoms with E-state index in [1.54, 1.807) is 7.05 Å². The van der Waals surface area contributed by atoms with Crippen LogP contribution >= 0.6 is 0 Å². The third-order valence-corrected chi connectivity index (χ3v) is 3.11. The minimum atomic E-state index is 0.0841. The number of nitrogens with zero attached hydrogens (tertiary/aromatic N) is 1. The van der Waals surface area contributed by atoms with Crippen molar-refractivity contribution in [2.24, 2.45) is 0 Å². The Labute approximate surface area is 101 Å². The molecule has 1 aromatic heterocycles. The summed E-state index contributed by atoms with van der Waals surface area (Å²) in [5.74, 6) is 0.0841. The average molecular weight is 230 g/mol. The number of aryl methyl sites for hydroxylation is 2. The molecular weight excluding hydrogens is 212 g/mol. The van der Waals surface area contributed by atoms with Crippen LogP contribution in [0.2, 0.25) is 0 Å². The second-order valence-electron chi connectivity index (χ2n) is 4.14. The molecule has 0 aliphatic carbocycles. The van der Waals surface area contributed by atoms with Crippen LogP contribution in [0.1, 0.15) is 18.9 Å². The maximum absolute atomic E-state index is 11.3. The van der Waals surface area contributed by atoms with E-state index in [1.165, 1.54) is 16.5 Å². The van der Waals surface area contributed by atoms with Crippen LogP contribution in [0.25, 0.3) is 10.9 Å². The van der Waals surface area contributed by atoms with Crippen molar-refractivity contribution in [3.8, 4) is 0 Å². The van der Waals surface area contributed by atoms with Crippen LogP contribution in [0, 0.1) is 0 Å². The van der Waals surface area contributed by atoms with E-state index in [2.05, 4.69) is 47.3 Å². The zero-order valence-corrected chi connectivity index (χ0v) is 10.4. The number of fused-ring (bicyclic) bond motifs is 1. The summed E-state index contributed by atoms with van der Waals surface area (Å²) >= 11 is 0. The zero-order chi connectivity index (χ0) is 12.3. The highest BCUT2D eigenvalue weighted by Crippen LogP contribution is 2.21. The van der Waals surface area contributed by atoms with Crippen molar-refractivity contribution in [3.05, 3.63) is 36.0 Å². The van der Waals surface area contributed by atoms with Crippen molar-refractivity contribution in [1.29, 1.82) is 0 Å². The number of hydrogen-bond acceptors (Lipinski definition) is 1. The number of para-hydroxylation sites is 1. The maximum atomic E-state index is 11.3. The van der Waals surface area contributed by atoms with E-state index < -0.39 is 0 Å². The van der Waals surface area contributed by atoms with Gasteiger partial charge in [0.2, 0.25) is 5.91 Å². The summed E-state index contributed by atoms with van der Waals surface area (Å²) in [4.78, 5) is 11.3. The van der Waals surface area contributed by atoms with Gasteiger partial charge >= 0.3 is 0 Å². The molecule has 1 aromatic carbocycles. The number of nitrogens with one attached hydrogen (secondary N) is 1. The van der Waals surface area contributed by atoms with Gasteiger partial charge in [-0.05, 0) is 23.4 Å². The molecule has 0 unspecified atom stereocenters. The van der Waals surface area contributed by atoms with E-state index in [0.717, 1.165) is 13.0 Å². The van der Waals surface area contributed by atoms with E-state index in [1.807, 2.05) is 0 Å². The first-order valence-corrected chi connectivity index (χ1v) is 6.03. The largest absolute Gasteiger partial charge is 0.359 e. The minimum absolute atomic E-state index is 0.0841. The molecule has 0 saturated heterocycles. The molecule has 0 atom stereocenters. The van der Waals surface area contributed by atoms with Crippen LogP contribution in [0.15, 0.2) is 30.5 Å². The summed E-state index contributed by atoms with van der Waals surface area (Å²) < 4.78 is 2.17. The number of carbonyl (C=O) groups excluding carboxylic acids is 1. The van der Waals surface area contributed by atoms with Crippen LogP contribution in [0.5, 0.6) is 0 Å². The van der Waals surface area contributed by atoms with Crippen LogP contribution in [0.3, 0.4) is 0 Å². The van der Waals surface area contributed by atoms with Crippen molar-refractivity contribution in [2.45, 2.75) is 26.3 Å². The van der Waals surface area contributed by atoms with Crippen molar-refractivity contribution in [3.63, 3.8) is 0 Å². The van der Waals surface area contributed by atoms with Gasteiger partial charge in [-0.25, -0.2) is 0 Å². The molecule has 0 spiro atoms. The van der Waals surface area contributed by atoms with Crippen molar-refractivity contribution in [1.82, 2.24) is 9.88 Å². The lowest BCUT2D eigenvalue weighted by molar-refractivity contribution is -0.120. The molecule has 0 aliphatic heterocycles. The number of carbonyl (C=O) groups is 1. The molecule has 0 fully saturated rings. The topological polar surface area (TPSA) is 34.0 Å². The summed E-state index contributed by atoms with van der Waals surface area (Å²) in [6.07, 6.45) is 3.60. The van der Waals surface area contributed by atoms with E-state index in [4.69, 9.17) is 0 Å². The zero-order valence-electron chi connectivity index (χ0n) is 10.4. The monoisotopic (exact) mass is 230 g/mol. The van der Waals surface area contributed by atoms with E-state index in [9.17, 15) is 4.79 Å². The smallest absolute Gasteiger partial charge is 0.221 e. The molecule has 0 saturated carbocycles. The molecule has 1 N–H and O–H groups in total. The molecule has 3 nitrogen and oxygen atoms in total. The summed E-state index contributed by atoms with van der Waals surface area (Å²) in [7, 11) is 1.67. The Kier molecular flexibility index (Phi) is 3.47. The van der Waals surface area contributed by atoms with E-state index >= 15 is 0 Å². The fourth-order valence-electron chi connectivity index (χ4n) is 2.16. The molecule has 90 valence electrons. The predicted molar refractivity (Wildman–Crippen MR) is 70.0 cm³/mol. The highest BCUT2D eigenvalue weighted by molar-refractivity contribution is 5.83. The lowest BCUT2D eigenvalue weighted by Crippen LogP contribution is -2.19. The molecule has 0 bridgehead atoms. The maximum Gasteiger partial charge on any atom is 0.221 e. The number of hydrogen-bond donors (Lipinski definition) is 1. The van der Waals surface area contributed by atoms with Gasteiger partial charge in [0.05, 0.1) is 5.52 Å². The molecule has 0 radical (unpaired) electrons.